The van der Waals surface area contributed by atoms with Gasteiger partial charge in [-0.2, -0.15) is 0 Å². The fourth-order valence-corrected chi connectivity index (χ4v) is 3.33. The molecule has 0 saturated carbocycles. The summed E-state index contributed by atoms with van der Waals surface area (Å²) in [6.07, 6.45) is 1.73. The first-order valence-electron chi connectivity index (χ1n) is 9.46. The van der Waals surface area contributed by atoms with E-state index in [1.54, 1.807) is 19.3 Å². The minimum absolute atomic E-state index is 0.128. The second-order valence-corrected chi connectivity index (χ2v) is 7.00. The van der Waals surface area contributed by atoms with Crippen LogP contribution in [0.25, 0.3) is 6.08 Å². The summed E-state index contributed by atoms with van der Waals surface area (Å²) in [5, 5.41) is 0. The van der Waals surface area contributed by atoms with E-state index in [1.165, 1.54) is 5.56 Å². The number of ketones is 1. The van der Waals surface area contributed by atoms with Crippen molar-refractivity contribution in [2.75, 3.05) is 7.11 Å². The quantitative estimate of drug-likeness (QED) is 0.543. The molecular weight excluding hydrogens is 364 g/mol. The molecule has 1 aliphatic heterocycles. The van der Waals surface area contributed by atoms with Crippen molar-refractivity contribution >= 4 is 11.9 Å². The Hall–Kier alpha value is -3.53. The van der Waals surface area contributed by atoms with Gasteiger partial charge in [0.2, 0.25) is 5.78 Å². The van der Waals surface area contributed by atoms with Gasteiger partial charge in [0.25, 0.3) is 0 Å². The van der Waals surface area contributed by atoms with Crippen LogP contribution in [0, 0.1) is 13.8 Å². The molecule has 0 saturated heterocycles. The van der Waals surface area contributed by atoms with Crippen LogP contribution in [0.4, 0.5) is 0 Å². The second-order valence-electron chi connectivity index (χ2n) is 7.00. The first kappa shape index (κ1) is 18.8. The molecule has 4 heteroatoms. The standard InChI is InChI=1S/C25H22O4/c1-16-7-4-5-9-19(16)15-28-22-12-11-21-24(26)23(29-25(21)17(22)2)14-18-8-6-10-20(13-18)27-3/h4-14H,15H2,1-3H3/b23-14-. The van der Waals surface area contributed by atoms with E-state index in [0.717, 1.165) is 22.4 Å². The SMILES string of the molecule is COc1cccc(/C=C2\Oc3c(ccc(OCc4ccccc4C)c3C)C2=O)c1. The van der Waals surface area contributed by atoms with Gasteiger partial charge in [-0.15, -0.1) is 0 Å². The van der Waals surface area contributed by atoms with E-state index < -0.39 is 0 Å². The molecule has 4 nitrogen and oxygen atoms in total. The maximum Gasteiger partial charge on any atom is 0.231 e. The zero-order valence-electron chi connectivity index (χ0n) is 16.7. The van der Waals surface area contributed by atoms with Gasteiger partial charge in [-0.3, -0.25) is 4.79 Å². The molecule has 3 aromatic rings. The minimum Gasteiger partial charge on any atom is -0.497 e. The predicted octanol–water partition coefficient (Wildman–Crippen LogP) is 5.51. The van der Waals surface area contributed by atoms with E-state index in [2.05, 4.69) is 13.0 Å². The third-order valence-electron chi connectivity index (χ3n) is 5.07. The summed E-state index contributed by atoms with van der Waals surface area (Å²) in [5.74, 6) is 2.17. The van der Waals surface area contributed by atoms with Crippen LogP contribution in [0.1, 0.15) is 32.6 Å². The Bertz CT molecular complexity index is 1110. The molecule has 29 heavy (non-hydrogen) atoms. The Morgan fingerprint density at radius 1 is 1.00 bits per heavy atom. The Morgan fingerprint density at radius 3 is 2.62 bits per heavy atom. The van der Waals surface area contributed by atoms with E-state index >= 15 is 0 Å². The number of Topliss-reactive ketones (excluding diaryl/α,β-unsaturated/α-hetero) is 1. The lowest BCUT2D eigenvalue weighted by Crippen LogP contribution is -2.00. The van der Waals surface area contributed by atoms with Crippen molar-refractivity contribution in [1.82, 2.24) is 0 Å². The number of methoxy groups -OCH3 is 1. The van der Waals surface area contributed by atoms with Crippen molar-refractivity contribution in [3.63, 3.8) is 0 Å². The summed E-state index contributed by atoms with van der Waals surface area (Å²) in [5.41, 5.74) is 4.52. The van der Waals surface area contributed by atoms with E-state index in [1.807, 2.05) is 55.5 Å². The largest absolute Gasteiger partial charge is 0.497 e. The van der Waals surface area contributed by atoms with Crippen LogP contribution in [0.2, 0.25) is 0 Å². The third kappa shape index (κ3) is 3.74. The van der Waals surface area contributed by atoms with Crippen LogP contribution in [0.3, 0.4) is 0 Å². The number of fused-ring (bicyclic) bond motifs is 1. The van der Waals surface area contributed by atoms with Crippen molar-refractivity contribution in [2.45, 2.75) is 20.5 Å². The number of allylic oxidation sites excluding steroid dienone is 1. The maximum atomic E-state index is 12.8. The molecule has 0 aliphatic carbocycles. The zero-order valence-corrected chi connectivity index (χ0v) is 16.7. The van der Waals surface area contributed by atoms with Crippen LogP contribution in [-0.2, 0) is 6.61 Å². The molecule has 1 heterocycles. The van der Waals surface area contributed by atoms with Crippen LogP contribution in [-0.4, -0.2) is 12.9 Å². The Morgan fingerprint density at radius 2 is 1.83 bits per heavy atom. The number of carbonyl (C=O) groups is 1. The normalized spacial score (nSPS) is 13.9. The summed E-state index contributed by atoms with van der Waals surface area (Å²) in [7, 11) is 1.61. The van der Waals surface area contributed by atoms with Crippen molar-refractivity contribution in [2.24, 2.45) is 0 Å². The number of ether oxygens (including phenoxy) is 3. The van der Waals surface area contributed by atoms with Gasteiger partial charge in [-0.1, -0.05) is 36.4 Å². The van der Waals surface area contributed by atoms with Gasteiger partial charge in [-0.05, 0) is 60.9 Å². The molecular formula is C25H22O4. The summed E-state index contributed by atoms with van der Waals surface area (Å²) in [6, 6.07) is 19.2. The first-order valence-corrected chi connectivity index (χ1v) is 9.46. The number of hydrogen-bond acceptors (Lipinski definition) is 4. The molecule has 0 aromatic heterocycles. The Labute approximate surface area is 170 Å². The highest BCUT2D eigenvalue weighted by Crippen LogP contribution is 2.39. The fraction of sp³-hybridized carbons (Fsp3) is 0.160. The summed E-state index contributed by atoms with van der Waals surface area (Å²) in [4.78, 5) is 12.8. The molecule has 3 aromatic carbocycles. The number of hydrogen-bond donors (Lipinski definition) is 0. The second kappa shape index (κ2) is 7.84. The van der Waals surface area contributed by atoms with E-state index in [4.69, 9.17) is 14.2 Å². The highest BCUT2D eigenvalue weighted by Gasteiger charge is 2.30. The van der Waals surface area contributed by atoms with Crippen LogP contribution < -0.4 is 14.2 Å². The highest BCUT2D eigenvalue weighted by molar-refractivity contribution is 6.15. The third-order valence-corrected chi connectivity index (χ3v) is 5.07. The van der Waals surface area contributed by atoms with E-state index in [9.17, 15) is 4.79 Å². The first-order chi connectivity index (χ1) is 14.1. The van der Waals surface area contributed by atoms with Gasteiger partial charge in [0.05, 0.1) is 12.7 Å². The van der Waals surface area contributed by atoms with E-state index in [0.29, 0.717) is 29.4 Å². The van der Waals surface area contributed by atoms with Gasteiger partial charge >= 0.3 is 0 Å². The molecule has 0 fully saturated rings. The molecule has 146 valence electrons. The highest BCUT2D eigenvalue weighted by atomic mass is 16.5. The lowest BCUT2D eigenvalue weighted by Gasteiger charge is -2.12. The van der Waals surface area contributed by atoms with Crippen LogP contribution in [0.15, 0.2) is 66.4 Å². The average molecular weight is 386 g/mol. The Balaban J connectivity index is 1.58. The van der Waals surface area contributed by atoms with Gasteiger partial charge < -0.3 is 14.2 Å². The van der Waals surface area contributed by atoms with E-state index in [-0.39, 0.29) is 5.78 Å². The summed E-state index contributed by atoms with van der Waals surface area (Å²) >= 11 is 0. The smallest absolute Gasteiger partial charge is 0.231 e. The molecule has 0 radical (unpaired) electrons. The van der Waals surface area contributed by atoms with Crippen molar-refractivity contribution in [1.29, 1.82) is 0 Å². The topological polar surface area (TPSA) is 44.8 Å². The molecule has 0 amide bonds. The molecule has 0 atom stereocenters. The maximum absolute atomic E-state index is 12.8. The van der Waals surface area contributed by atoms with Crippen LogP contribution >= 0.6 is 0 Å². The zero-order chi connectivity index (χ0) is 20.4. The molecule has 0 unspecified atom stereocenters. The number of carbonyl (C=O) groups excluding carboxylic acids is 1. The monoisotopic (exact) mass is 386 g/mol. The molecule has 1 aliphatic rings. The lowest BCUT2D eigenvalue weighted by molar-refractivity contribution is 0.101. The van der Waals surface area contributed by atoms with Gasteiger partial charge in [0, 0.05) is 5.56 Å². The average Bonchev–Trinajstić information content (AvgIpc) is 3.05. The molecule has 0 bridgehead atoms. The van der Waals surface area contributed by atoms with Crippen LogP contribution in [0.5, 0.6) is 17.2 Å². The number of rotatable bonds is 5. The summed E-state index contributed by atoms with van der Waals surface area (Å²) < 4.78 is 17.2. The molecule has 0 N–H and O–H groups in total. The Kier molecular flexibility index (Phi) is 5.09. The predicted molar refractivity (Wildman–Crippen MR) is 113 cm³/mol. The molecule has 0 spiro atoms. The number of benzene rings is 3. The number of aryl methyl sites for hydroxylation is 1. The fourth-order valence-electron chi connectivity index (χ4n) is 3.33. The van der Waals surface area contributed by atoms with Crippen molar-refractivity contribution < 1.29 is 19.0 Å². The molecule has 4 rings (SSSR count). The van der Waals surface area contributed by atoms with Gasteiger partial charge in [0.1, 0.15) is 23.9 Å². The van der Waals surface area contributed by atoms with Gasteiger partial charge in [-0.25, -0.2) is 0 Å². The minimum atomic E-state index is -0.128. The lowest BCUT2D eigenvalue weighted by atomic mass is 10.1. The van der Waals surface area contributed by atoms with Gasteiger partial charge in [0.15, 0.2) is 5.76 Å². The van der Waals surface area contributed by atoms with Crippen molar-refractivity contribution in [3.05, 3.63) is 94.2 Å². The van der Waals surface area contributed by atoms with Crippen molar-refractivity contribution in [3.8, 4) is 17.2 Å². The summed E-state index contributed by atoms with van der Waals surface area (Å²) in [6.45, 7) is 4.44.